The number of carbonyl (C=O) groups is 1. The van der Waals surface area contributed by atoms with E-state index >= 15 is 0 Å². The van der Waals surface area contributed by atoms with Crippen LogP contribution in [0.1, 0.15) is 32.6 Å². The van der Waals surface area contributed by atoms with Gasteiger partial charge in [0.1, 0.15) is 6.04 Å². The minimum Gasteiger partial charge on any atom is -0.391 e. The fourth-order valence-corrected chi connectivity index (χ4v) is 4.70. The lowest BCUT2D eigenvalue weighted by Gasteiger charge is -2.37. The molecule has 1 aromatic carbocycles. The monoisotopic (exact) mass is 487 g/mol. The summed E-state index contributed by atoms with van der Waals surface area (Å²) in [7, 11) is 3.13. The fraction of sp³-hybridized carbons (Fsp3) is 0.696. The highest BCUT2D eigenvalue weighted by atomic mass is 35.5. The van der Waals surface area contributed by atoms with Gasteiger partial charge < -0.3 is 29.7 Å². The Bertz CT molecular complexity index is 774. The third-order valence-corrected chi connectivity index (χ3v) is 7.48. The first kappa shape index (κ1) is 25.5. The van der Waals surface area contributed by atoms with Crippen LogP contribution in [-0.4, -0.2) is 86.2 Å². The van der Waals surface area contributed by atoms with Crippen LogP contribution in [0.2, 0.25) is 10.0 Å². The normalized spacial score (nSPS) is 21.0. The lowest BCUT2D eigenvalue weighted by atomic mass is 9.90. The second kappa shape index (κ2) is 11.4. The summed E-state index contributed by atoms with van der Waals surface area (Å²) in [5.41, 5.74) is 0.931. The molecule has 2 N–H and O–H groups in total. The Morgan fingerprint density at radius 1 is 1.28 bits per heavy atom. The number of nitrogens with one attached hydrogen (secondary N) is 1. The zero-order valence-electron chi connectivity index (χ0n) is 19.2. The van der Waals surface area contributed by atoms with E-state index in [-0.39, 0.29) is 17.4 Å². The summed E-state index contributed by atoms with van der Waals surface area (Å²) in [4.78, 5) is 17.3. The van der Waals surface area contributed by atoms with E-state index in [1.165, 1.54) is 0 Å². The smallest absolute Gasteiger partial charge is 0.244 e. The Kier molecular flexibility index (Phi) is 9.06. The number of rotatable bonds is 11. The number of aliphatic hydroxyl groups excluding tert-OH is 1. The van der Waals surface area contributed by atoms with Crippen molar-refractivity contribution in [3.8, 4) is 0 Å². The van der Waals surface area contributed by atoms with Crippen molar-refractivity contribution in [2.24, 2.45) is 5.41 Å². The summed E-state index contributed by atoms with van der Waals surface area (Å²) >= 11 is 12.1. The number of ether oxygens (including phenoxy) is 2. The van der Waals surface area contributed by atoms with Gasteiger partial charge >= 0.3 is 0 Å². The van der Waals surface area contributed by atoms with Gasteiger partial charge in [-0.3, -0.25) is 4.79 Å². The third-order valence-electron chi connectivity index (χ3n) is 6.74. The number of hydrogen-bond donors (Lipinski definition) is 2. The maximum Gasteiger partial charge on any atom is 0.244 e. The van der Waals surface area contributed by atoms with E-state index in [1.807, 2.05) is 6.92 Å². The molecule has 0 aromatic heterocycles. The van der Waals surface area contributed by atoms with Gasteiger partial charge in [-0.05, 0) is 69.3 Å². The van der Waals surface area contributed by atoms with Crippen LogP contribution >= 0.6 is 23.2 Å². The van der Waals surface area contributed by atoms with Crippen molar-refractivity contribution in [1.29, 1.82) is 0 Å². The summed E-state index contributed by atoms with van der Waals surface area (Å²) in [6.45, 7) is 5.32. The predicted octanol–water partition coefficient (Wildman–Crippen LogP) is 3.48. The van der Waals surface area contributed by atoms with Crippen molar-refractivity contribution >= 4 is 34.8 Å². The van der Waals surface area contributed by atoms with E-state index < -0.39 is 12.3 Å². The topological polar surface area (TPSA) is 74.3 Å². The molecule has 0 bridgehead atoms. The van der Waals surface area contributed by atoms with Crippen LogP contribution in [0.15, 0.2) is 18.2 Å². The minimum absolute atomic E-state index is 0.0502. The number of carbonyl (C=O) groups excluding carboxylic acids is 1. The van der Waals surface area contributed by atoms with E-state index in [9.17, 15) is 9.90 Å². The maximum absolute atomic E-state index is 13.2. The molecule has 1 heterocycles. The Labute approximate surface area is 200 Å². The molecule has 2 fully saturated rings. The molecule has 7 nitrogen and oxygen atoms in total. The molecule has 1 aromatic rings. The molecule has 1 aliphatic heterocycles. The van der Waals surface area contributed by atoms with Gasteiger partial charge in [0, 0.05) is 33.0 Å². The number of nitrogens with zero attached hydrogens (tertiary/aromatic N) is 2. The molecule has 0 radical (unpaired) electrons. The van der Waals surface area contributed by atoms with E-state index in [1.54, 1.807) is 37.3 Å². The number of β-amino-alcohol motifs (C(OH)–C–C–N with tert-alkyl or cyclic N) is 1. The van der Waals surface area contributed by atoms with Gasteiger partial charge in [-0.1, -0.05) is 23.2 Å². The number of benzene rings is 1. The summed E-state index contributed by atoms with van der Waals surface area (Å²) in [6.07, 6.45) is 3.47. The van der Waals surface area contributed by atoms with Crippen molar-refractivity contribution in [3.05, 3.63) is 28.2 Å². The average molecular weight is 488 g/mol. The number of anilines is 1. The van der Waals surface area contributed by atoms with Gasteiger partial charge in [0.05, 0.1) is 22.7 Å². The van der Waals surface area contributed by atoms with Crippen LogP contribution in [0.25, 0.3) is 0 Å². The van der Waals surface area contributed by atoms with E-state index in [0.29, 0.717) is 23.1 Å². The SMILES string of the molecule is COC(CN(CCCN1CCC2(CC2)[C@H](O)C1)C(=O)C(C)Nc1ccc(Cl)c(Cl)c1)OC. The van der Waals surface area contributed by atoms with E-state index in [4.69, 9.17) is 32.7 Å². The van der Waals surface area contributed by atoms with Crippen LogP contribution in [0, 0.1) is 5.41 Å². The number of methoxy groups -OCH3 is 2. The Morgan fingerprint density at radius 2 is 2.00 bits per heavy atom. The second-order valence-corrected chi connectivity index (χ2v) is 9.78. The second-order valence-electron chi connectivity index (χ2n) is 8.96. The zero-order valence-corrected chi connectivity index (χ0v) is 20.7. The highest BCUT2D eigenvalue weighted by Gasteiger charge is 2.51. The Hall–Kier alpha value is -1.09. The molecule has 1 unspecified atom stereocenters. The molecular weight excluding hydrogens is 453 g/mol. The summed E-state index contributed by atoms with van der Waals surface area (Å²) in [5, 5.41) is 14.5. The fourth-order valence-electron chi connectivity index (χ4n) is 4.40. The standard InChI is InChI=1S/C23H35Cl2N3O4/c1-16(26-17-5-6-18(24)19(25)13-17)22(30)28(15-21(31-2)32-3)11-4-10-27-12-9-23(7-8-23)20(29)14-27/h5-6,13,16,20-21,26,29H,4,7-12,14-15H2,1-3H3/t16?,20-/m1/s1. The first-order chi connectivity index (χ1) is 15.3. The Morgan fingerprint density at radius 3 is 2.59 bits per heavy atom. The Balaban J connectivity index is 1.55. The van der Waals surface area contributed by atoms with Gasteiger partial charge in [0.15, 0.2) is 6.29 Å². The minimum atomic E-state index is -0.498. The van der Waals surface area contributed by atoms with Gasteiger partial charge in [0.2, 0.25) is 5.91 Å². The molecule has 180 valence electrons. The maximum atomic E-state index is 13.2. The lowest BCUT2D eigenvalue weighted by Crippen LogP contribution is -2.48. The van der Waals surface area contributed by atoms with Gasteiger partial charge in [-0.2, -0.15) is 0 Å². The summed E-state index contributed by atoms with van der Waals surface area (Å²) < 4.78 is 10.7. The molecule has 1 spiro atoms. The summed E-state index contributed by atoms with van der Waals surface area (Å²) in [6, 6.07) is 4.74. The van der Waals surface area contributed by atoms with Crippen LogP contribution in [0.4, 0.5) is 5.69 Å². The molecule has 9 heteroatoms. The van der Waals surface area contributed by atoms with Crippen LogP contribution in [0.5, 0.6) is 0 Å². The summed E-state index contributed by atoms with van der Waals surface area (Å²) in [5.74, 6) is -0.0502. The van der Waals surface area contributed by atoms with Crippen molar-refractivity contribution in [2.45, 2.75) is 51.0 Å². The van der Waals surface area contributed by atoms with E-state index in [0.717, 1.165) is 51.0 Å². The third kappa shape index (κ3) is 6.49. The average Bonchev–Trinajstić information content (AvgIpc) is 3.56. The molecule has 1 aliphatic carbocycles. The lowest BCUT2D eigenvalue weighted by molar-refractivity contribution is -0.146. The van der Waals surface area contributed by atoms with Gasteiger partial charge in [-0.25, -0.2) is 0 Å². The molecule has 2 aliphatic rings. The quantitative estimate of drug-likeness (QED) is 0.465. The molecule has 3 rings (SSSR count). The van der Waals surface area contributed by atoms with Crippen LogP contribution in [0.3, 0.4) is 0 Å². The number of aliphatic hydroxyl groups is 1. The van der Waals surface area contributed by atoms with Crippen molar-refractivity contribution in [2.75, 3.05) is 52.3 Å². The molecular formula is C23H35Cl2N3O4. The van der Waals surface area contributed by atoms with E-state index in [2.05, 4.69) is 10.2 Å². The number of amides is 1. The first-order valence-corrected chi connectivity index (χ1v) is 12.0. The molecule has 32 heavy (non-hydrogen) atoms. The van der Waals surface area contributed by atoms with Crippen LogP contribution in [-0.2, 0) is 14.3 Å². The van der Waals surface area contributed by atoms with Gasteiger partial charge in [0.25, 0.3) is 0 Å². The van der Waals surface area contributed by atoms with Crippen LogP contribution < -0.4 is 5.32 Å². The molecule has 1 amide bonds. The number of hydrogen-bond acceptors (Lipinski definition) is 6. The van der Waals surface area contributed by atoms with Crippen molar-refractivity contribution in [1.82, 2.24) is 9.80 Å². The first-order valence-electron chi connectivity index (χ1n) is 11.2. The van der Waals surface area contributed by atoms with Crippen molar-refractivity contribution < 1.29 is 19.4 Å². The molecule has 1 saturated heterocycles. The largest absolute Gasteiger partial charge is 0.391 e. The highest BCUT2D eigenvalue weighted by molar-refractivity contribution is 6.42. The van der Waals surface area contributed by atoms with Crippen molar-refractivity contribution in [3.63, 3.8) is 0 Å². The molecule has 2 atom stereocenters. The number of piperidine rings is 1. The number of likely N-dealkylation sites (tertiary alicyclic amines) is 1. The highest BCUT2D eigenvalue weighted by Crippen LogP contribution is 2.53. The molecule has 1 saturated carbocycles. The van der Waals surface area contributed by atoms with Gasteiger partial charge in [-0.15, -0.1) is 0 Å². The number of halogens is 2. The predicted molar refractivity (Wildman–Crippen MR) is 127 cm³/mol. The zero-order chi connectivity index (χ0) is 23.3.